The molecule has 0 heterocycles. The smallest absolute Gasteiger partial charge is 0.311 e. The molecule has 0 radical (unpaired) electrons. The van der Waals surface area contributed by atoms with Crippen molar-refractivity contribution in [2.45, 2.75) is 20.0 Å². The summed E-state index contributed by atoms with van der Waals surface area (Å²) in [4.78, 5) is 12.6. The van der Waals surface area contributed by atoms with E-state index in [1.165, 1.54) is 12.1 Å². The van der Waals surface area contributed by atoms with Crippen molar-refractivity contribution in [2.75, 3.05) is 0 Å². The number of esters is 1. The number of hydrogen-bond donors (Lipinski definition) is 0. The lowest BCUT2D eigenvalue weighted by Gasteiger charge is -2.14. The average Bonchev–Trinajstić information content (AvgIpc) is 3.22. The molecule has 0 amide bonds. The highest BCUT2D eigenvalue weighted by molar-refractivity contribution is 6.55. The van der Waals surface area contributed by atoms with Crippen LogP contribution in [0.4, 0.5) is 4.39 Å². The second-order valence-electron chi connectivity index (χ2n) is 7.47. The molecule has 4 nitrogen and oxygen atoms in total. The van der Waals surface area contributed by atoms with Crippen LogP contribution in [-0.2, 0) is 9.53 Å². The number of rotatable bonds is 6. The maximum absolute atomic E-state index is 14.2. The molecule has 0 saturated heterocycles. The Hall–Kier alpha value is -2.26. The predicted octanol–water partition coefficient (Wildman–Crippen LogP) is 6.97. The van der Waals surface area contributed by atoms with Crippen molar-refractivity contribution in [3.8, 4) is 17.6 Å². The molecular weight excluding hydrogens is 452 g/mol. The summed E-state index contributed by atoms with van der Waals surface area (Å²) in [5.74, 6) is -1.58. The van der Waals surface area contributed by atoms with E-state index in [2.05, 4.69) is 0 Å². The van der Waals surface area contributed by atoms with E-state index in [9.17, 15) is 14.4 Å². The Morgan fingerprint density at radius 2 is 1.90 bits per heavy atom. The minimum absolute atomic E-state index is 0.0720. The van der Waals surface area contributed by atoms with Crippen LogP contribution in [0.15, 0.2) is 53.0 Å². The van der Waals surface area contributed by atoms with Gasteiger partial charge in [-0.25, -0.2) is 4.39 Å². The van der Waals surface area contributed by atoms with Crippen molar-refractivity contribution < 1.29 is 18.7 Å². The van der Waals surface area contributed by atoms with Crippen molar-refractivity contribution in [2.24, 2.45) is 17.3 Å². The molecule has 0 N–H and O–H groups in total. The number of hydrogen-bond acceptors (Lipinski definition) is 4. The van der Waals surface area contributed by atoms with E-state index < -0.39 is 29.2 Å². The minimum atomic E-state index is -1.22. The number of allylic oxidation sites excluding steroid dienone is 1. The molecule has 3 atom stereocenters. The van der Waals surface area contributed by atoms with Crippen LogP contribution in [0.5, 0.6) is 11.5 Å². The maximum Gasteiger partial charge on any atom is 0.311 e. The zero-order valence-corrected chi connectivity index (χ0v) is 18.3. The van der Waals surface area contributed by atoms with Crippen molar-refractivity contribution >= 4 is 40.8 Å². The maximum atomic E-state index is 14.2. The molecule has 1 aliphatic carbocycles. The number of nitriles is 1. The predicted molar refractivity (Wildman–Crippen MR) is 113 cm³/mol. The van der Waals surface area contributed by atoms with Crippen molar-refractivity contribution in [1.29, 1.82) is 5.26 Å². The normalized spacial score (nSPS) is 19.9. The van der Waals surface area contributed by atoms with Crippen molar-refractivity contribution in [3.05, 3.63) is 69.4 Å². The molecule has 0 aromatic heterocycles. The second kappa shape index (κ2) is 8.85. The zero-order chi connectivity index (χ0) is 22.1. The number of carbonyl (C=O) groups is 1. The first kappa shape index (κ1) is 22.4. The van der Waals surface area contributed by atoms with Gasteiger partial charge in [-0.2, -0.15) is 5.26 Å². The second-order valence-corrected chi connectivity index (χ2v) is 8.92. The fourth-order valence-electron chi connectivity index (χ4n) is 3.32. The van der Waals surface area contributed by atoms with Gasteiger partial charge in [0.2, 0.25) is 6.10 Å². The first-order valence-corrected chi connectivity index (χ1v) is 10.1. The van der Waals surface area contributed by atoms with E-state index in [1.807, 2.05) is 19.9 Å². The van der Waals surface area contributed by atoms with Gasteiger partial charge in [-0.15, -0.1) is 0 Å². The molecule has 2 aromatic carbocycles. The Bertz CT molecular complexity index is 1030. The Morgan fingerprint density at radius 1 is 1.23 bits per heavy atom. The van der Waals surface area contributed by atoms with Gasteiger partial charge >= 0.3 is 5.97 Å². The third kappa shape index (κ3) is 4.89. The Balaban J connectivity index is 1.77. The van der Waals surface area contributed by atoms with E-state index in [0.717, 1.165) is 6.07 Å². The lowest BCUT2D eigenvalue weighted by molar-refractivity contribution is -0.149. The number of nitrogens with zero attached hydrogens (tertiary/aromatic N) is 1. The average molecular weight is 469 g/mol. The van der Waals surface area contributed by atoms with Gasteiger partial charge in [-0.3, -0.25) is 4.79 Å². The Kier molecular flexibility index (Phi) is 6.62. The summed E-state index contributed by atoms with van der Waals surface area (Å²) < 4.78 is 25.2. The van der Waals surface area contributed by atoms with Crippen molar-refractivity contribution in [3.63, 3.8) is 0 Å². The van der Waals surface area contributed by atoms with E-state index >= 15 is 0 Å². The third-order valence-corrected chi connectivity index (χ3v) is 5.62. The topological polar surface area (TPSA) is 59.3 Å². The number of benzene rings is 2. The molecule has 8 heteroatoms. The first-order valence-electron chi connectivity index (χ1n) is 8.99. The zero-order valence-electron chi connectivity index (χ0n) is 16.0. The molecule has 30 heavy (non-hydrogen) atoms. The highest BCUT2D eigenvalue weighted by Gasteiger charge is 2.62. The summed E-state index contributed by atoms with van der Waals surface area (Å²) >= 11 is 17.3. The SMILES string of the molecule is CC1(C)C(C=C(Cl)Cl)C1C(=O)OC(C#N)c1ccc(F)c(Oc2ccc(Cl)cc2)c1. The molecule has 2 aromatic rings. The van der Waals surface area contributed by atoms with Crippen LogP contribution in [0, 0.1) is 34.4 Å². The third-order valence-electron chi connectivity index (χ3n) is 5.12. The Labute approximate surface area is 188 Å². The lowest BCUT2D eigenvalue weighted by atomic mass is 10.1. The molecule has 1 aliphatic rings. The summed E-state index contributed by atoms with van der Waals surface area (Å²) in [6.07, 6.45) is 0.366. The highest BCUT2D eigenvalue weighted by atomic mass is 35.5. The summed E-state index contributed by atoms with van der Waals surface area (Å²) in [6.45, 7) is 3.77. The van der Waals surface area contributed by atoms with Crippen LogP contribution in [0.3, 0.4) is 0 Å². The van der Waals surface area contributed by atoms with Crippen LogP contribution in [-0.4, -0.2) is 5.97 Å². The number of ether oxygens (including phenoxy) is 2. The quantitative estimate of drug-likeness (QED) is 0.429. The molecule has 0 bridgehead atoms. The summed E-state index contributed by atoms with van der Waals surface area (Å²) in [7, 11) is 0. The first-order chi connectivity index (χ1) is 14.1. The van der Waals surface area contributed by atoms with E-state index in [4.69, 9.17) is 44.3 Å². The fraction of sp³-hybridized carbons (Fsp3) is 0.273. The molecule has 1 fully saturated rings. The summed E-state index contributed by atoms with van der Waals surface area (Å²) in [5.41, 5.74) is -0.102. The monoisotopic (exact) mass is 467 g/mol. The molecule has 0 aliphatic heterocycles. The summed E-state index contributed by atoms with van der Waals surface area (Å²) in [6, 6.07) is 12.2. The molecule has 3 unspecified atom stereocenters. The van der Waals surface area contributed by atoms with Crippen LogP contribution in [0.25, 0.3) is 0 Å². The van der Waals surface area contributed by atoms with E-state index in [-0.39, 0.29) is 21.7 Å². The van der Waals surface area contributed by atoms with Gasteiger partial charge in [0.05, 0.1) is 5.92 Å². The number of carbonyl (C=O) groups excluding carboxylic acids is 1. The van der Waals surface area contributed by atoms with Gasteiger partial charge in [-0.1, -0.05) is 54.7 Å². The molecular formula is C22H17Cl3FNO3. The van der Waals surface area contributed by atoms with E-state index in [1.54, 1.807) is 30.3 Å². The van der Waals surface area contributed by atoms with Gasteiger partial charge in [0.25, 0.3) is 0 Å². The van der Waals surface area contributed by atoms with Crippen LogP contribution >= 0.6 is 34.8 Å². The van der Waals surface area contributed by atoms with Gasteiger partial charge in [0.15, 0.2) is 11.6 Å². The van der Waals surface area contributed by atoms with Gasteiger partial charge in [0, 0.05) is 10.6 Å². The number of halogens is 4. The van der Waals surface area contributed by atoms with Gasteiger partial charge in [0.1, 0.15) is 16.3 Å². The van der Waals surface area contributed by atoms with Crippen LogP contribution in [0.1, 0.15) is 25.5 Å². The molecule has 1 saturated carbocycles. The molecule has 156 valence electrons. The molecule has 0 spiro atoms. The standard InChI is InChI=1S/C22H17Cl3FNO3/c1-22(2)15(10-19(24)25)20(22)21(28)30-18(11-27)12-3-8-16(26)17(9-12)29-14-6-4-13(23)5-7-14/h3-10,15,18,20H,1-2H3. The minimum Gasteiger partial charge on any atom is -0.454 e. The molecule has 3 rings (SSSR count). The largest absolute Gasteiger partial charge is 0.454 e. The highest BCUT2D eigenvalue weighted by Crippen LogP contribution is 2.60. The van der Waals surface area contributed by atoms with Crippen LogP contribution < -0.4 is 4.74 Å². The fourth-order valence-corrected chi connectivity index (χ4v) is 3.72. The van der Waals surface area contributed by atoms with E-state index in [0.29, 0.717) is 10.8 Å². The van der Waals surface area contributed by atoms with Gasteiger partial charge in [-0.05, 0) is 53.8 Å². The summed E-state index contributed by atoms with van der Waals surface area (Å²) in [5, 5.41) is 10.0. The van der Waals surface area contributed by atoms with Crippen LogP contribution in [0.2, 0.25) is 5.02 Å². The Morgan fingerprint density at radius 3 is 2.50 bits per heavy atom. The van der Waals surface area contributed by atoms with Gasteiger partial charge < -0.3 is 9.47 Å². The van der Waals surface area contributed by atoms with Crippen molar-refractivity contribution in [1.82, 2.24) is 0 Å². The lowest BCUT2D eigenvalue weighted by Crippen LogP contribution is -2.14.